The van der Waals surface area contributed by atoms with Gasteiger partial charge in [-0.05, 0) is 35.8 Å². The van der Waals surface area contributed by atoms with Crippen LogP contribution in [0.15, 0.2) is 16.7 Å². The second kappa shape index (κ2) is 5.98. The van der Waals surface area contributed by atoms with Gasteiger partial charge in [-0.15, -0.1) is 0 Å². The predicted molar refractivity (Wildman–Crippen MR) is 61.4 cm³/mol. The zero-order valence-electron chi connectivity index (χ0n) is 8.51. The van der Waals surface area contributed by atoms with Crippen LogP contribution in [0.5, 0.6) is 0 Å². The number of hydrogen-bond donors (Lipinski definition) is 1. The summed E-state index contributed by atoms with van der Waals surface area (Å²) in [5, 5.41) is 3.20. The lowest BCUT2D eigenvalue weighted by molar-refractivity contribution is 0.134. The summed E-state index contributed by atoms with van der Waals surface area (Å²) in [6.07, 6.45) is 1.79. The number of nitrogens with zero attached hydrogens (tertiary/aromatic N) is 1. The van der Waals surface area contributed by atoms with Gasteiger partial charge in [0.1, 0.15) is 5.82 Å². The number of hydrogen-bond acceptors (Lipinski definition) is 3. The van der Waals surface area contributed by atoms with E-state index in [4.69, 9.17) is 4.74 Å². The molecule has 0 unspecified atom stereocenters. The number of aromatic nitrogens is 1. The SMILES string of the molecule is CCNc1ncc(Br)cc1COCC. The lowest BCUT2D eigenvalue weighted by Gasteiger charge is -2.09. The van der Waals surface area contributed by atoms with E-state index in [9.17, 15) is 0 Å². The first kappa shape index (κ1) is 11.5. The molecule has 0 atom stereocenters. The molecule has 1 heterocycles. The summed E-state index contributed by atoms with van der Waals surface area (Å²) >= 11 is 3.39. The zero-order chi connectivity index (χ0) is 10.4. The van der Waals surface area contributed by atoms with Gasteiger partial charge in [0, 0.05) is 29.4 Å². The van der Waals surface area contributed by atoms with E-state index in [0.717, 1.165) is 29.0 Å². The van der Waals surface area contributed by atoms with Crippen LogP contribution in [0.3, 0.4) is 0 Å². The standard InChI is InChI=1S/C10H15BrN2O/c1-3-12-10-8(7-14-4-2)5-9(11)6-13-10/h5-6H,3-4,7H2,1-2H3,(H,12,13). The van der Waals surface area contributed by atoms with E-state index in [1.165, 1.54) is 0 Å². The van der Waals surface area contributed by atoms with Gasteiger partial charge in [0.15, 0.2) is 0 Å². The second-order valence-electron chi connectivity index (χ2n) is 2.83. The van der Waals surface area contributed by atoms with Crippen LogP contribution in [0.4, 0.5) is 5.82 Å². The maximum atomic E-state index is 5.36. The molecule has 1 aromatic heterocycles. The molecule has 4 heteroatoms. The van der Waals surface area contributed by atoms with Crippen molar-refractivity contribution in [2.24, 2.45) is 0 Å². The van der Waals surface area contributed by atoms with Crippen LogP contribution in [0.1, 0.15) is 19.4 Å². The predicted octanol–water partition coefficient (Wildman–Crippen LogP) is 2.81. The van der Waals surface area contributed by atoms with E-state index in [1.54, 1.807) is 6.20 Å². The van der Waals surface area contributed by atoms with Gasteiger partial charge in [0.05, 0.1) is 6.61 Å². The van der Waals surface area contributed by atoms with Crippen molar-refractivity contribution in [2.75, 3.05) is 18.5 Å². The molecule has 3 nitrogen and oxygen atoms in total. The van der Waals surface area contributed by atoms with Crippen molar-refractivity contribution in [1.82, 2.24) is 4.98 Å². The smallest absolute Gasteiger partial charge is 0.131 e. The minimum absolute atomic E-state index is 0.602. The van der Waals surface area contributed by atoms with Gasteiger partial charge in [-0.3, -0.25) is 0 Å². The first-order valence-corrected chi connectivity index (χ1v) is 5.53. The quantitative estimate of drug-likeness (QED) is 0.882. The third-order valence-electron chi connectivity index (χ3n) is 1.74. The average molecular weight is 259 g/mol. The molecule has 78 valence electrons. The molecule has 14 heavy (non-hydrogen) atoms. The summed E-state index contributed by atoms with van der Waals surface area (Å²) in [6.45, 7) is 6.23. The minimum atomic E-state index is 0.602. The van der Waals surface area contributed by atoms with Crippen molar-refractivity contribution in [1.29, 1.82) is 0 Å². The first-order valence-electron chi connectivity index (χ1n) is 4.74. The summed E-state index contributed by atoms with van der Waals surface area (Å²) in [5.41, 5.74) is 1.09. The minimum Gasteiger partial charge on any atom is -0.377 e. The number of anilines is 1. The molecule has 0 aliphatic rings. The molecule has 1 aromatic rings. The van der Waals surface area contributed by atoms with E-state index >= 15 is 0 Å². The Bertz CT molecular complexity index is 291. The monoisotopic (exact) mass is 258 g/mol. The van der Waals surface area contributed by atoms with E-state index < -0.39 is 0 Å². The lowest BCUT2D eigenvalue weighted by atomic mass is 10.2. The Kier molecular flexibility index (Phi) is 4.90. The topological polar surface area (TPSA) is 34.2 Å². The van der Waals surface area contributed by atoms with Crippen LogP contribution in [0.2, 0.25) is 0 Å². The Morgan fingerprint density at radius 1 is 1.50 bits per heavy atom. The van der Waals surface area contributed by atoms with E-state index in [2.05, 4.69) is 26.2 Å². The van der Waals surface area contributed by atoms with E-state index in [0.29, 0.717) is 6.61 Å². The van der Waals surface area contributed by atoms with Gasteiger partial charge in [-0.2, -0.15) is 0 Å². The summed E-state index contributed by atoms with van der Waals surface area (Å²) in [5.74, 6) is 0.907. The van der Waals surface area contributed by atoms with Crippen LogP contribution in [0, 0.1) is 0 Å². The highest BCUT2D eigenvalue weighted by atomic mass is 79.9. The highest BCUT2D eigenvalue weighted by molar-refractivity contribution is 9.10. The molecule has 1 N–H and O–H groups in total. The molecular formula is C10H15BrN2O. The Balaban J connectivity index is 2.79. The van der Waals surface area contributed by atoms with Gasteiger partial charge in [0.2, 0.25) is 0 Å². The number of nitrogens with one attached hydrogen (secondary N) is 1. The van der Waals surface area contributed by atoms with Crippen molar-refractivity contribution in [2.45, 2.75) is 20.5 Å². The van der Waals surface area contributed by atoms with Crippen molar-refractivity contribution in [3.63, 3.8) is 0 Å². The molecule has 0 fully saturated rings. The molecule has 0 radical (unpaired) electrons. The summed E-state index contributed by atoms with van der Waals surface area (Å²) in [7, 11) is 0. The van der Waals surface area contributed by atoms with Gasteiger partial charge in [-0.1, -0.05) is 0 Å². The maximum absolute atomic E-state index is 5.36. The van der Waals surface area contributed by atoms with E-state index in [-0.39, 0.29) is 0 Å². The molecule has 0 aromatic carbocycles. The molecule has 0 spiro atoms. The summed E-state index contributed by atoms with van der Waals surface area (Å²) in [6, 6.07) is 2.03. The molecular weight excluding hydrogens is 244 g/mol. The molecule has 0 bridgehead atoms. The van der Waals surface area contributed by atoms with Crippen LogP contribution in [0.25, 0.3) is 0 Å². The van der Waals surface area contributed by atoms with Crippen LogP contribution < -0.4 is 5.32 Å². The van der Waals surface area contributed by atoms with Gasteiger partial charge >= 0.3 is 0 Å². The lowest BCUT2D eigenvalue weighted by Crippen LogP contribution is -2.04. The van der Waals surface area contributed by atoms with Gasteiger partial charge in [0.25, 0.3) is 0 Å². The molecule has 1 rings (SSSR count). The van der Waals surface area contributed by atoms with Crippen molar-refractivity contribution >= 4 is 21.7 Å². The fourth-order valence-electron chi connectivity index (χ4n) is 1.13. The molecule has 0 aliphatic carbocycles. The molecule has 0 saturated carbocycles. The highest BCUT2D eigenvalue weighted by Crippen LogP contribution is 2.18. The third kappa shape index (κ3) is 3.27. The fraction of sp³-hybridized carbons (Fsp3) is 0.500. The highest BCUT2D eigenvalue weighted by Gasteiger charge is 2.03. The number of pyridine rings is 1. The maximum Gasteiger partial charge on any atom is 0.131 e. The zero-order valence-corrected chi connectivity index (χ0v) is 10.1. The molecule has 0 saturated heterocycles. The Morgan fingerprint density at radius 2 is 2.29 bits per heavy atom. The molecule has 0 aliphatic heterocycles. The largest absolute Gasteiger partial charge is 0.377 e. The van der Waals surface area contributed by atoms with Crippen molar-refractivity contribution < 1.29 is 4.74 Å². The van der Waals surface area contributed by atoms with E-state index in [1.807, 2.05) is 19.9 Å². The summed E-state index contributed by atoms with van der Waals surface area (Å²) in [4.78, 5) is 4.28. The van der Waals surface area contributed by atoms with Gasteiger partial charge in [-0.25, -0.2) is 4.98 Å². The normalized spacial score (nSPS) is 10.2. The fourth-order valence-corrected chi connectivity index (χ4v) is 1.51. The average Bonchev–Trinajstić information content (AvgIpc) is 2.18. The van der Waals surface area contributed by atoms with Crippen molar-refractivity contribution in [3.8, 4) is 0 Å². The van der Waals surface area contributed by atoms with Crippen molar-refractivity contribution in [3.05, 3.63) is 22.3 Å². The summed E-state index contributed by atoms with van der Waals surface area (Å²) < 4.78 is 6.34. The number of halogens is 1. The Morgan fingerprint density at radius 3 is 2.93 bits per heavy atom. The number of ether oxygens (including phenoxy) is 1. The molecule has 0 amide bonds. The van der Waals surface area contributed by atoms with Crippen LogP contribution in [-0.4, -0.2) is 18.1 Å². The third-order valence-corrected chi connectivity index (χ3v) is 2.17. The van der Waals surface area contributed by atoms with Gasteiger partial charge < -0.3 is 10.1 Å². The second-order valence-corrected chi connectivity index (χ2v) is 3.74. The van der Waals surface area contributed by atoms with Crippen LogP contribution in [-0.2, 0) is 11.3 Å². The number of rotatable bonds is 5. The Hall–Kier alpha value is -0.610. The van der Waals surface area contributed by atoms with Crippen LogP contribution >= 0.6 is 15.9 Å². The first-order chi connectivity index (χ1) is 6.77. The Labute approximate surface area is 93.0 Å².